The largest absolute Gasteiger partial charge is 0.508 e. The molecule has 0 aliphatic carbocycles. The van der Waals surface area contributed by atoms with Crippen molar-refractivity contribution in [2.24, 2.45) is 0 Å². The van der Waals surface area contributed by atoms with E-state index in [9.17, 15) is 24.8 Å². The second kappa shape index (κ2) is 12.8. The molecule has 3 N–H and O–H groups in total. The summed E-state index contributed by atoms with van der Waals surface area (Å²) in [5.74, 6) is -1.00. The zero-order chi connectivity index (χ0) is 27.8. The summed E-state index contributed by atoms with van der Waals surface area (Å²) in [6.45, 7) is 10.2. The van der Waals surface area contributed by atoms with E-state index in [1.54, 1.807) is 58.9 Å². The van der Waals surface area contributed by atoms with Gasteiger partial charge in [0.1, 0.15) is 30.0 Å². The van der Waals surface area contributed by atoms with Crippen molar-refractivity contribution in [2.75, 3.05) is 6.54 Å². The highest BCUT2D eigenvalue weighted by Crippen LogP contribution is 2.24. The number of nitrogens with one attached hydrogen (secondary N) is 2. The predicted octanol–water partition coefficient (Wildman–Crippen LogP) is 3.75. The fourth-order valence-corrected chi connectivity index (χ4v) is 3.68. The number of benzene rings is 2. The minimum absolute atomic E-state index is 0.0483. The number of ether oxygens (including phenoxy) is 1. The van der Waals surface area contributed by atoms with Crippen LogP contribution in [0.4, 0.5) is 4.79 Å². The Hall–Kier alpha value is -4.06. The first-order valence-electron chi connectivity index (χ1n) is 12.1. The third-order valence-electron chi connectivity index (χ3n) is 5.27. The van der Waals surface area contributed by atoms with Crippen molar-refractivity contribution in [1.29, 1.82) is 5.26 Å². The Morgan fingerprint density at radius 3 is 2.14 bits per heavy atom. The maximum atomic E-state index is 14.0. The number of amides is 3. The molecule has 0 radical (unpaired) electrons. The molecule has 0 saturated carbocycles. The van der Waals surface area contributed by atoms with Crippen molar-refractivity contribution in [2.45, 2.75) is 71.7 Å². The van der Waals surface area contributed by atoms with Crippen LogP contribution in [0.25, 0.3) is 0 Å². The second-order valence-corrected chi connectivity index (χ2v) is 10.2. The lowest BCUT2D eigenvalue weighted by molar-refractivity contribution is -0.142. The van der Waals surface area contributed by atoms with Crippen LogP contribution in [0.15, 0.2) is 48.5 Å². The quantitative estimate of drug-likeness (QED) is 0.442. The van der Waals surface area contributed by atoms with E-state index >= 15 is 0 Å². The minimum Gasteiger partial charge on any atom is -0.508 e. The van der Waals surface area contributed by atoms with Gasteiger partial charge < -0.3 is 25.4 Å². The first-order chi connectivity index (χ1) is 17.3. The fourth-order valence-electron chi connectivity index (χ4n) is 3.68. The van der Waals surface area contributed by atoms with Crippen LogP contribution in [0.2, 0.25) is 0 Å². The van der Waals surface area contributed by atoms with Crippen LogP contribution >= 0.6 is 0 Å². The van der Waals surface area contributed by atoms with Gasteiger partial charge in [-0.25, -0.2) is 4.79 Å². The number of rotatable bonds is 9. The topological polar surface area (TPSA) is 132 Å². The van der Waals surface area contributed by atoms with E-state index in [2.05, 4.69) is 10.6 Å². The molecule has 0 spiro atoms. The molecule has 37 heavy (non-hydrogen) atoms. The van der Waals surface area contributed by atoms with Gasteiger partial charge in [0.2, 0.25) is 11.8 Å². The summed E-state index contributed by atoms with van der Waals surface area (Å²) in [7, 11) is 0. The molecule has 2 aromatic carbocycles. The summed E-state index contributed by atoms with van der Waals surface area (Å²) in [5, 5.41) is 24.7. The van der Waals surface area contributed by atoms with Gasteiger partial charge in [0.15, 0.2) is 0 Å². The van der Waals surface area contributed by atoms with E-state index in [1.165, 1.54) is 17.0 Å². The summed E-state index contributed by atoms with van der Waals surface area (Å²) in [6.07, 6.45) is -0.757. The minimum atomic E-state index is -1.15. The molecule has 198 valence electrons. The molecule has 0 fully saturated rings. The number of hydrogen-bond donors (Lipinski definition) is 3. The van der Waals surface area contributed by atoms with Gasteiger partial charge in [0, 0.05) is 12.5 Å². The monoisotopic (exact) mass is 508 g/mol. The number of phenolic OH excluding ortho intramolecular Hbond substituents is 1. The summed E-state index contributed by atoms with van der Waals surface area (Å²) in [5.41, 5.74) is 1.36. The second-order valence-electron chi connectivity index (χ2n) is 10.2. The molecule has 2 aromatic rings. The number of nitrogens with zero attached hydrogens (tertiary/aromatic N) is 2. The number of aryl methyl sites for hydroxylation is 1. The zero-order valence-electron chi connectivity index (χ0n) is 22.2. The van der Waals surface area contributed by atoms with Gasteiger partial charge in [-0.2, -0.15) is 5.26 Å². The van der Waals surface area contributed by atoms with E-state index < -0.39 is 35.6 Å². The van der Waals surface area contributed by atoms with Crippen LogP contribution in [-0.2, 0) is 20.7 Å². The molecule has 0 bridgehead atoms. The Kier molecular flexibility index (Phi) is 10.1. The first kappa shape index (κ1) is 29.2. The first-order valence-corrected chi connectivity index (χ1v) is 12.1. The number of aromatic hydroxyl groups is 1. The molecular formula is C28H36N4O5. The average Bonchev–Trinajstić information content (AvgIpc) is 2.78. The molecule has 9 nitrogen and oxygen atoms in total. The number of nitriles is 1. The fraction of sp³-hybridized carbons (Fsp3) is 0.429. The van der Waals surface area contributed by atoms with E-state index in [-0.39, 0.29) is 24.8 Å². The predicted molar refractivity (Wildman–Crippen MR) is 139 cm³/mol. The Bertz CT molecular complexity index is 1120. The van der Waals surface area contributed by atoms with Crippen molar-refractivity contribution in [3.8, 4) is 11.8 Å². The Morgan fingerprint density at radius 2 is 1.62 bits per heavy atom. The molecule has 9 heteroatoms. The van der Waals surface area contributed by atoms with Gasteiger partial charge >= 0.3 is 6.09 Å². The summed E-state index contributed by atoms with van der Waals surface area (Å²) >= 11 is 0. The SMILES string of the molecule is Cc1ccc(C(C(=O)NC(C)C)N(CC#N)C(=O)C(Cc2ccc(O)cc2)NC(=O)OC(C)(C)C)cc1. The molecule has 2 rings (SSSR count). The highest BCUT2D eigenvalue weighted by Gasteiger charge is 2.36. The van der Waals surface area contributed by atoms with Crippen LogP contribution in [0.5, 0.6) is 5.75 Å². The van der Waals surface area contributed by atoms with Gasteiger partial charge in [0.05, 0.1) is 6.07 Å². The van der Waals surface area contributed by atoms with Crippen molar-refractivity contribution in [1.82, 2.24) is 15.5 Å². The summed E-state index contributed by atoms with van der Waals surface area (Å²) in [4.78, 5) is 41.1. The standard InChI is InChI=1S/C28H36N4O5/c1-18(2)30-25(34)24(21-11-7-19(3)8-12-21)32(16-15-29)26(35)23(31-27(36)37-28(4,5)6)17-20-9-13-22(33)14-10-20/h7-14,18,23-24,33H,16-17H2,1-6H3,(H,30,34)(H,31,36). The lowest BCUT2D eigenvalue weighted by Gasteiger charge is -2.33. The van der Waals surface area contributed by atoms with Crippen LogP contribution < -0.4 is 10.6 Å². The van der Waals surface area contributed by atoms with Gasteiger partial charge in [-0.3, -0.25) is 9.59 Å². The number of carbonyl (C=O) groups excluding carboxylic acids is 3. The maximum absolute atomic E-state index is 14.0. The van der Waals surface area contributed by atoms with Crippen LogP contribution in [0.3, 0.4) is 0 Å². The molecule has 3 amide bonds. The lowest BCUT2D eigenvalue weighted by Crippen LogP contribution is -2.54. The van der Waals surface area contributed by atoms with Crippen LogP contribution in [0, 0.1) is 18.3 Å². The number of alkyl carbamates (subject to hydrolysis) is 1. The third-order valence-corrected chi connectivity index (χ3v) is 5.27. The number of phenols is 1. The highest BCUT2D eigenvalue weighted by molar-refractivity contribution is 5.92. The molecule has 0 aliphatic heterocycles. The van der Waals surface area contributed by atoms with Crippen molar-refractivity contribution in [3.05, 3.63) is 65.2 Å². The van der Waals surface area contributed by atoms with E-state index in [0.717, 1.165) is 5.56 Å². The van der Waals surface area contributed by atoms with E-state index in [0.29, 0.717) is 11.1 Å². The zero-order valence-corrected chi connectivity index (χ0v) is 22.2. The van der Waals surface area contributed by atoms with Gasteiger partial charge in [-0.05, 0) is 64.8 Å². The third kappa shape index (κ3) is 9.15. The van der Waals surface area contributed by atoms with E-state index in [4.69, 9.17) is 4.74 Å². The van der Waals surface area contributed by atoms with Gasteiger partial charge in [-0.15, -0.1) is 0 Å². The lowest BCUT2D eigenvalue weighted by atomic mass is 9.99. The van der Waals surface area contributed by atoms with Gasteiger partial charge in [-0.1, -0.05) is 42.0 Å². The number of hydrogen-bond acceptors (Lipinski definition) is 6. The molecule has 0 heterocycles. The van der Waals surface area contributed by atoms with Crippen molar-refractivity contribution < 1.29 is 24.2 Å². The summed E-state index contributed by atoms with van der Waals surface area (Å²) in [6, 6.07) is 12.9. The maximum Gasteiger partial charge on any atom is 0.408 e. The molecular weight excluding hydrogens is 472 g/mol. The molecule has 2 atom stereocenters. The Morgan fingerprint density at radius 1 is 1.03 bits per heavy atom. The van der Waals surface area contributed by atoms with Crippen molar-refractivity contribution in [3.63, 3.8) is 0 Å². The van der Waals surface area contributed by atoms with Crippen LogP contribution in [-0.4, -0.2) is 52.1 Å². The molecule has 0 aromatic heterocycles. The van der Waals surface area contributed by atoms with E-state index in [1.807, 2.05) is 25.1 Å². The normalized spacial score (nSPS) is 12.7. The summed E-state index contributed by atoms with van der Waals surface area (Å²) < 4.78 is 5.37. The average molecular weight is 509 g/mol. The van der Waals surface area contributed by atoms with Gasteiger partial charge in [0.25, 0.3) is 0 Å². The smallest absolute Gasteiger partial charge is 0.408 e. The number of carbonyl (C=O) groups is 3. The Balaban J connectivity index is 2.51. The Labute approximate surface area is 218 Å². The molecule has 0 saturated heterocycles. The molecule has 2 unspecified atom stereocenters. The highest BCUT2D eigenvalue weighted by atomic mass is 16.6. The van der Waals surface area contributed by atoms with Crippen LogP contribution in [0.1, 0.15) is 57.4 Å². The molecule has 0 aliphatic rings. The van der Waals surface area contributed by atoms with Crippen molar-refractivity contribution >= 4 is 17.9 Å².